The van der Waals surface area contributed by atoms with Crippen LogP contribution in [0.4, 0.5) is 0 Å². The molecule has 0 amide bonds. The molecule has 0 saturated carbocycles. The third kappa shape index (κ3) is 4.57. The summed E-state index contributed by atoms with van der Waals surface area (Å²) in [5.41, 5.74) is 1.43. The fourth-order valence-corrected chi connectivity index (χ4v) is 0.930. The SMILES string of the molecule is C/C=C(\CO)CC(C)(C)C. The highest BCUT2D eigenvalue weighted by Gasteiger charge is 2.11. The average Bonchev–Trinajstić information content (AvgIpc) is 1.81. The molecule has 0 aromatic heterocycles. The van der Waals surface area contributed by atoms with Gasteiger partial charge in [0.25, 0.3) is 0 Å². The average molecular weight is 142 g/mol. The summed E-state index contributed by atoms with van der Waals surface area (Å²) in [4.78, 5) is 0. The van der Waals surface area contributed by atoms with E-state index in [9.17, 15) is 0 Å². The highest BCUT2D eigenvalue weighted by atomic mass is 16.3. The van der Waals surface area contributed by atoms with E-state index in [1.807, 2.05) is 13.0 Å². The van der Waals surface area contributed by atoms with Crippen molar-refractivity contribution in [3.8, 4) is 0 Å². The van der Waals surface area contributed by atoms with Crippen molar-refractivity contribution in [3.05, 3.63) is 11.6 Å². The Kier molecular flexibility index (Phi) is 3.66. The van der Waals surface area contributed by atoms with E-state index in [2.05, 4.69) is 20.8 Å². The van der Waals surface area contributed by atoms with Crippen molar-refractivity contribution in [2.45, 2.75) is 34.1 Å². The maximum absolute atomic E-state index is 8.82. The van der Waals surface area contributed by atoms with Gasteiger partial charge in [0.1, 0.15) is 0 Å². The predicted molar refractivity (Wildman–Crippen MR) is 44.9 cm³/mol. The lowest BCUT2D eigenvalue weighted by atomic mass is 9.88. The lowest BCUT2D eigenvalue weighted by Crippen LogP contribution is -2.07. The zero-order chi connectivity index (χ0) is 8.20. The van der Waals surface area contributed by atoms with Gasteiger partial charge < -0.3 is 5.11 Å². The Labute approximate surface area is 63.8 Å². The van der Waals surface area contributed by atoms with Crippen LogP contribution in [-0.2, 0) is 0 Å². The minimum Gasteiger partial charge on any atom is -0.392 e. The summed E-state index contributed by atoms with van der Waals surface area (Å²) in [5, 5.41) is 8.82. The predicted octanol–water partition coefficient (Wildman–Crippen LogP) is 2.36. The molecular formula is C9H18O. The van der Waals surface area contributed by atoms with Crippen LogP contribution in [-0.4, -0.2) is 11.7 Å². The normalized spacial score (nSPS) is 13.9. The molecule has 0 rings (SSSR count). The van der Waals surface area contributed by atoms with Crippen LogP contribution in [0, 0.1) is 5.41 Å². The number of rotatable bonds is 2. The third-order valence-corrected chi connectivity index (χ3v) is 1.37. The van der Waals surface area contributed by atoms with E-state index in [1.54, 1.807) is 0 Å². The van der Waals surface area contributed by atoms with Gasteiger partial charge in [-0.2, -0.15) is 0 Å². The van der Waals surface area contributed by atoms with Crippen molar-refractivity contribution in [2.75, 3.05) is 6.61 Å². The molecule has 1 heteroatoms. The second kappa shape index (κ2) is 3.77. The van der Waals surface area contributed by atoms with Crippen LogP contribution in [0.15, 0.2) is 11.6 Å². The van der Waals surface area contributed by atoms with Crippen molar-refractivity contribution < 1.29 is 5.11 Å². The van der Waals surface area contributed by atoms with Gasteiger partial charge in [-0.1, -0.05) is 26.8 Å². The molecule has 0 bridgehead atoms. The minimum absolute atomic E-state index is 0.202. The Morgan fingerprint density at radius 3 is 2.00 bits per heavy atom. The topological polar surface area (TPSA) is 20.2 Å². The molecule has 0 saturated heterocycles. The summed E-state index contributed by atoms with van der Waals surface area (Å²) < 4.78 is 0. The highest BCUT2D eigenvalue weighted by Crippen LogP contribution is 2.23. The molecule has 0 aliphatic carbocycles. The quantitative estimate of drug-likeness (QED) is 0.587. The monoisotopic (exact) mass is 142 g/mol. The van der Waals surface area contributed by atoms with Crippen molar-refractivity contribution in [1.29, 1.82) is 0 Å². The number of hydrogen-bond donors (Lipinski definition) is 1. The van der Waals surface area contributed by atoms with Gasteiger partial charge in [-0.25, -0.2) is 0 Å². The van der Waals surface area contributed by atoms with Gasteiger partial charge in [0, 0.05) is 0 Å². The van der Waals surface area contributed by atoms with Crippen molar-refractivity contribution in [3.63, 3.8) is 0 Å². The molecule has 0 aliphatic rings. The Balaban J connectivity index is 3.88. The standard InChI is InChI=1S/C9H18O/c1-5-8(7-10)6-9(2,3)4/h5,10H,6-7H2,1-4H3/b8-5-. The molecule has 10 heavy (non-hydrogen) atoms. The third-order valence-electron chi connectivity index (χ3n) is 1.37. The number of hydrogen-bond acceptors (Lipinski definition) is 1. The van der Waals surface area contributed by atoms with E-state index in [0.29, 0.717) is 5.41 Å². The van der Waals surface area contributed by atoms with Crippen LogP contribution in [0.25, 0.3) is 0 Å². The molecule has 0 heterocycles. The zero-order valence-corrected chi connectivity index (χ0v) is 7.44. The van der Waals surface area contributed by atoms with E-state index in [0.717, 1.165) is 12.0 Å². The molecular weight excluding hydrogens is 124 g/mol. The van der Waals surface area contributed by atoms with Crippen LogP contribution in [0.5, 0.6) is 0 Å². The van der Waals surface area contributed by atoms with Gasteiger partial charge in [0.15, 0.2) is 0 Å². The van der Waals surface area contributed by atoms with Crippen molar-refractivity contribution in [1.82, 2.24) is 0 Å². The van der Waals surface area contributed by atoms with Crippen molar-refractivity contribution in [2.24, 2.45) is 5.41 Å². The first-order valence-corrected chi connectivity index (χ1v) is 3.74. The van der Waals surface area contributed by atoms with Crippen LogP contribution in [0.1, 0.15) is 34.1 Å². The van der Waals surface area contributed by atoms with Gasteiger partial charge >= 0.3 is 0 Å². The second-order valence-electron chi connectivity index (χ2n) is 3.84. The van der Waals surface area contributed by atoms with Gasteiger partial charge in [-0.15, -0.1) is 0 Å². The van der Waals surface area contributed by atoms with Crippen LogP contribution in [0.3, 0.4) is 0 Å². The molecule has 0 aromatic carbocycles. The number of aliphatic hydroxyl groups excluding tert-OH is 1. The fraction of sp³-hybridized carbons (Fsp3) is 0.778. The molecule has 0 unspecified atom stereocenters. The van der Waals surface area contributed by atoms with Crippen LogP contribution in [0.2, 0.25) is 0 Å². The summed E-state index contributed by atoms with van der Waals surface area (Å²) in [7, 11) is 0. The van der Waals surface area contributed by atoms with E-state index in [-0.39, 0.29) is 6.61 Å². The molecule has 1 nitrogen and oxygen atoms in total. The maximum atomic E-state index is 8.82. The summed E-state index contributed by atoms with van der Waals surface area (Å²) in [6.45, 7) is 8.69. The first-order valence-electron chi connectivity index (χ1n) is 3.74. The molecule has 0 fully saturated rings. The largest absolute Gasteiger partial charge is 0.392 e. The van der Waals surface area contributed by atoms with E-state index >= 15 is 0 Å². The van der Waals surface area contributed by atoms with E-state index < -0.39 is 0 Å². The first-order chi connectivity index (χ1) is 4.49. The lowest BCUT2D eigenvalue weighted by Gasteiger charge is -2.18. The molecule has 0 aromatic rings. The van der Waals surface area contributed by atoms with Gasteiger partial charge in [-0.05, 0) is 24.3 Å². The summed E-state index contributed by atoms with van der Waals surface area (Å²) in [6.07, 6.45) is 2.98. The molecule has 0 aliphatic heterocycles. The Hall–Kier alpha value is -0.300. The summed E-state index contributed by atoms with van der Waals surface area (Å²) in [5.74, 6) is 0. The second-order valence-corrected chi connectivity index (χ2v) is 3.84. The molecule has 0 atom stereocenters. The Bertz CT molecular complexity index is 117. The molecule has 0 spiro atoms. The van der Waals surface area contributed by atoms with E-state index in [1.165, 1.54) is 0 Å². The number of allylic oxidation sites excluding steroid dienone is 1. The minimum atomic E-state index is 0.202. The first kappa shape index (κ1) is 9.70. The van der Waals surface area contributed by atoms with Gasteiger partial charge in [0.05, 0.1) is 6.61 Å². The Morgan fingerprint density at radius 1 is 1.40 bits per heavy atom. The smallest absolute Gasteiger partial charge is 0.0641 e. The zero-order valence-electron chi connectivity index (χ0n) is 7.44. The Morgan fingerprint density at radius 2 is 1.90 bits per heavy atom. The van der Waals surface area contributed by atoms with Gasteiger partial charge in [-0.3, -0.25) is 0 Å². The molecule has 0 radical (unpaired) electrons. The summed E-state index contributed by atoms with van der Waals surface area (Å²) in [6, 6.07) is 0. The molecule has 60 valence electrons. The van der Waals surface area contributed by atoms with Crippen molar-refractivity contribution >= 4 is 0 Å². The maximum Gasteiger partial charge on any atom is 0.0641 e. The fourth-order valence-electron chi connectivity index (χ4n) is 0.930. The highest BCUT2D eigenvalue weighted by molar-refractivity contribution is 5.02. The van der Waals surface area contributed by atoms with Gasteiger partial charge in [0.2, 0.25) is 0 Å². The lowest BCUT2D eigenvalue weighted by molar-refractivity contribution is 0.304. The summed E-state index contributed by atoms with van der Waals surface area (Å²) >= 11 is 0. The van der Waals surface area contributed by atoms with Crippen LogP contribution >= 0.6 is 0 Å². The number of aliphatic hydroxyl groups is 1. The molecule has 1 N–H and O–H groups in total. The van der Waals surface area contributed by atoms with E-state index in [4.69, 9.17) is 5.11 Å². The van der Waals surface area contributed by atoms with Crippen LogP contribution < -0.4 is 0 Å².